The lowest BCUT2D eigenvalue weighted by Gasteiger charge is -2.01. The first kappa shape index (κ1) is 9.79. The van der Waals surface area contributed by atoms with Crippen molar-refractivity contribution < 1.29 is 0 Å². The van der Waals surface area contributed by atoms with Gasteiger partial charge in [-0.3, -0.25) is 0 Å². The maximum atomic E-state index is 6.06. The van der Waals surface area contributed by atoms with Gasteiger partial charge in [0.1, 0.15) is 0 Å². The second-order valence-corrected chi connectivity index (χ2v) is 4.33. The monoisotopic (exact) mass is 206 g/mol. The summed E-state index contributed by atoms with van der Waals surface area (Å²) < 4.78 is 0. The maximum Gasteiger partial charge on any atom is 0.0478 e. The summed E-state index contributed by atoms with van der Waals surface area (Å²) in [6, 6.07) is 8.00. The lowest BCUT2D eigenvalue weighted by Crippen LogP contribution is -1.85. The minimum atomic E-state index is 0.784. The standard InChI is InChI=1S/C13H15Cl/c14-13-8-4-3-7-12(13)10-9-11-5-1-2-6-11/h3-4,7-11H,1-2,5-6H2. The van der Waals surface area contributed by atoms with Crippen molar-refractivity contribution in [3.63, 3.8) is 0 Å². The summed E-state index contributed by atoms with van der Waals surface area (Å²) in [7, 11) is 0. The number of benzene rings is 1. The number of halogens is 1. The summed E-state index contributed by atoms with van der Waals surface area (Å²) in [5, 5.41) is 0.849. The number of allylic oxidation sites excluding steroid dienone is 1. The van der Waals surface area contributed by atoms with Crippen LogP contribution in [-0.2, 0) is 0 Å². The van der Waals surface area contributed by atoms with Crippen LogP contribution in [0.2, 0.25) is 5.02 Å². The van der Waals surface area contributed by atoms with Crippen LogP contribution in [0.1, 0.15) is 31.2 Å². The molecule has 0 heterocycles. The summed E-state index contributed by atoms with van der Waals surface area (Å²) in [4.78, 5) is 0. The lowest BCUT2D eigenvalue weighted by molar-refractivity contribution is 0.689. The Labute approximate surface area is 90.6 Å². The number of hydrogen-bond acceptors (Lipinski definition) is 0. The van der Waals surface area contributed by atoms with Crippen LogP contribution in [0, 0.1) is 5.92 Å². The molecule has 1 aromatic carbocycles. The Kier molecular flexibility index (Phi) is 3.26. The molecule has 1 aromatic rings. The molecule has 0 aromatic heterocycles. The molecule has 0 N–H and O–H groups in total. The topological polar surface area (TPSA) is 0 Å². The van der Waals surface area contributed by atoms with Gasteiger partial charge in [0.15, 0.2) is 0 Å². The molecule has 0 atom stereocenters. The Morgan fingerprint density at radius 2 is 1.86 bits per heavy atom. The zero-order valence-corrected chi connectivity index (χ0v) is 9.00. The van der Waals surface area contributed by atoms with Gasteiger partial charge in [0.25, 0.3) is 0 Å². The van der Waals surface area contributed by atoms with E-state index in [1.807, 2.05) is 18.2 Å². The summed E-state index contributed by atoms with van der Waals surface area (Å²) >= 11 is 6.06. The van der Waals surface area contributed by atoms with Gasteiger partial charge in [-0.05, 0) is 30.4 Å². The molecular formula is C13H15Cl. The average molecular weight is 207 g/mol. The molecule has 1 aliphatic carbocycles. The highest BCUT2D eigenvalue weighted by Gasteiger charge is 2.11. The van der Waals surface area contributed by atoms with Gasteiger partial charge in [-0.15, -0.1) is 0 Å². The van der Waals surface area contributed by atoms with E-state index in [9.17, 15) is 0 Å². The van der Waals surface area contributed by atoms with Gasteiger partial charge in [0.05, 0.1) is 0 Å². The molecule has 2 rings (SSSR count). The quantitative estimate of drug-likeness (QED) is 0.666. The van der Waals surface area contributed by atoms with Crippen molar-refractivity contribution in [1.82, 2.24) is 0 Å². The first-order valence-corrected chi connectivity index (χ1v) is 5.67. The smallest absolute Gasteiger partial charge is 0.0478 e. The summed E-state index contributed by atoms with van der Waals surface area (Å²) in [6.07, 6.45) is 9.95. The third-order valence-electron chi connectivity index (χ3n) is 2.85. The Morgan fingerprint density at radius 1 is 1.14 bits per heavy atom. The minimum absolute atomic E-state index is 0.784. The Hall–Kier alpha value is -0.750. The fourth-order valence-electron chi connectivity index (χ4n) is 2.00. The largest absolute Gasteiger partial charge is 0.0837 e. The van der Waals surface area contributed by atoms with E-state index in [4.69, 9.17) is 11.6 Å². The highest BCUT2D eigenvalue weighted by molar-refractivity contribution is 6.32. The molecule has 0 aliphatic heterocycles. The van der Waals surface area contributed by atoms with Crippen molar-refractivity contribution in [3.8, 4) is 0 Å². The Balaban J connectivity index is 2.06. The van der Waals surface area contributed by atoms with Crippen molar-refractivity contribution in [2.75, 3.05) is 0 Å². The molecule has 0 amide bonds. The third kappa shape index (κ3) is 2.39. The van der Waals surface area contributed by atoms with E-state index >= 15 is 0 Å². The Morgan fingerprint density at radius 3 is 2.57 bits per heavy atom. The second-order valence-electron chi connectivity index (χ2n) is 3.93. The molecule has 0 radical (unpaired) electrons. The van der Waals surface area contributed by atoms with E-state index in [2.05, 4.69) is 18.2 Å². The SMILES string of the molecule is Clc1ccccc1C=CC1CCCC1. The highest BCUT2D eigenvalue weighted by Crippen LogP contribution is 2.27. The normalized spacial score (nSPS) is 18.1. The molecule has 1 fully saturated rings. The molecule has 0 saturated heterocycles. The minimum Gasteiger partial charge on any atom is -0.0837 e. The van der Waals surface area contributed by atoms with Crippen molar-refractivity contribution >= 4 is 17.7 Å². The first-order chi connectivity index (χ1) is 6.86. The fraction of sp³-hybridized carbons (Fsp3) is 0.385. The van der Waals surface area contributed by atoms with Gasteiger partial charge in [0.2, 0.25) is 0 Å². The van der Waals surface area contributed by atoms with Crippen LogP contribution in [0.5, 0.6) is 0 Å². The summed E-state index contributed by atoms with van der Waals surface area (Å²) in [5.74, 6) is 0.784. The van der Waals surface area contributed by atoms with E-state index in [1.165, 1.54) is 25.7 Å². The van der Waals surface area contributed by atoms with Crippen LogP contribution in [0.4, 0.5) is 0 Å². The zero-order chi connectivity index (χ0) is 9.80. The molecule has 0 nitrogen and oxygen atoms in total. The van der Waals surface area contributed by atoms with Crippen molar-refractivity contribution in [3.05, 3.63) is 40.9 Å². The summed E-state index contributed by atoms with van der Waals surface area (Å²) in [6.45, 7) is 0. The maximum absolute atomic E-state index is 6.06. The van der Waals surface area contributed by atoms with Crippen LogP contribution in [0.3, 0.4) is 0 Å². The molecule has 0 bridgehead atoms. The molecule has 1 heteroatoms. The van der Waals surface area contributed by atoms with Gasteiger partial charge in [-0.2, -0.15) is 0 Å². The first-order valence-electron chi connectivity index (χ1n) is 5.29. The van der Waals surface area contributed by atoms with E-state index < -0.39 is 0 Å². The molecule has 1 saturated carbocycles. The summed E-state index contributed by atoms with van der Waals surface area (Å²) in [5.41, 5.74) is 1.14. The van der Waals surface area contributed by atoms with E-state index in [0.29, 0.717) is 0 Å². The molecule has 0 unspecified atom stereocenters. The Bertz CT molecular complexity index is 322. The van der Waals surface area contributed by atoms with Gasteiger partial charge < -0.3 is 0 Å². The van der Waals surface area contributed by atoms with Gasteiger partial charge >= 0.3 is 0 Å². The molecule has 74 valence electrons. The van der Waals surface area contributed by atoms with Crippen molar-refractivity contribution in [1.29, 1.82) is 0 Å². The van der Waals surface area contributed by atoms with Crippen LogP contribution >= 0.6 is 11.6 Å². The van der Waals surface area contributed by atoms with Crippen molar-refractivity contribution in [2.45, 2.75) is 25.7 Å². The van der Waals surface area contributed by atoms with Crippen LogP contribution in [0.25, 0.3) is 6.08 Å². The molecule has 1 aliphatic rings. The third-order valence-corrected chi connectivity index (χ3v) is 3.20. The van der Waals surface area contributed by atoms with Gasteiger partial charge in [-0.25, -0.2) is 0 Å². The zero-order valence-electron chi connectivity index (χ0n) is 8.25. The lowest BCUT2D eigenvalue weighted by atomic mass is 10.1. The predicted molar refractivity (Wildman–Crippen MR) is 62.4 cm³/mol. The van der Waals surface area contributed by atoms with Crippen LogP contribution in [0.15, 0.2) is 30.3 Å². The van der Waals surface area contributed by atoms with E-state index in [1.54, 1.807) is 0 Å². The molecule has 14 heavy (non-hydrogen) atoms. The highest BCUT2D eigenvalue weighted by atomic mass is 35.5. The average Bonchev–Trinajstić information content (AvgIpc) is 2.69. The second kappa shape index (κ2) is 4.65. The van der Waals surface area contributed by atoms with Crippen molar-refractivity contribution in [2.24, 2.45) is 5.92 Å². The van der Waals surface area contributed by atoms with Crippen LogP contribution in [-0.4, -0.2) is 0 Å². The van der Waals surface area contributed by atoms with Crippen LogP contribution < -0.4 is 0 Å². The molecule has 0 spiro atoms. The molecular weight excluding hydrogens is 192 g/mol. The van der Waals surface area contributed by atoms with Gasteiger partial charge in [-0.1, -0.05) is 54.8 Å². The number of rotatable bonds is 2. The fourth-order valence-corrected chi connectivity index (χ4v) is 2.20. The predicted octanol–water partition coefficient (Wildman–Crippen LogP) is 4.54. The number of hydrogen-bond donors (Lipinski definition) is 0. The van der Waals surface area contributed by atoms with Gasteiger partial charge in [0, 0.05) is 5.02 Å². The van der Waals surface area contributed by atoms with E-state index in [0.717, 1.165) is 16.5 Å². The van der Waals surface area contributed by atoms with E-state index in [-0.39, 0.29) is 0 Å².